The molecule has 2 aromatic heterocycles. The predicted molar refractivity (Wildman–Crippen MR) is 125 cm³/mol. The number of nitrogens with one attached hydrogen (secondary N) is 1. The van der Waals surface area contributed by atoms with Crippen molar-refractivity contribution in [1.29, 1.82) is 0 Å². The van der Waals surface area contributed by atoms with E-state index in [1.807, 2.05) is 0 Å². The number of hydrogen-bond acceptors (Lipinski definition) is 6. The average molecular weight is 464 g/mol. The summed E-state index contributed by atoms with van der Waals surface area (Å²) in [6.07, 6.45) is 5.12. The van der Waals surface area contributed by atoms with Gasteiger partial charge in [-0.15, -0.1) is 0 Å². The highest BCUT2D eigenvalue weighted by atomic mass is 35.5. The van der Waals surface area contributed by atoms with Gasteiger partial charge in [-0.2, -0.15) is 4.98 Å². The number of imidazole rings is 1. The number of carbonyl (C=O) groups is 1. The summed E-state index contributed by atoms with van der Waals surface area (Å²) in [5, 5.41) is 3.46. The average Bonchev–Trinajstić information content (AvgIpc) is 3.31. The Hall–Kier alpha value is -3.91. The molecule has 168 valence electrons. The van der Waals surface area contributed by atoms with Gasteiger partial charge < -0.3 is 14.8 Å². The monoisotopic (exact) mass is 463 g/mol. The number of rotatable bonds is 7. The Morgan fingerprint density at radius 2 is 1.73 bits per heavy atom. The van der Waals surface area contributed by atoms with Gasteiger partial charge >= 0.3 is 0 Å². The Kier molecular flexibility index (Phi) is 6.28. The molecule has 0 aliphatic heterocycles. The van der Waals surface area contributed by atoms with E-state index in [1.165, 1.54) is 0 Å². The molecule has 8 nitrogen and oxygen atoms in total. The van der Waals surface area contributed by atoms with Crippen molar-refractivity contribution in [2.24, 2.45) is 0 Å². The second-order valence-corrected chi connectivity index (χ2v) is 8.16. The minimum Gasteiger partial charge on any atom is -0.478 e. The minimum absolute atomic E-state index is 0.289. The van der Waals surface area contributed by atoms with Crippen molar-refractivity contribution >= 4 is 23.2 Å². The summed E-state index contributed by atoms with van der Waals surface area (Å²) in [6, 6.07) is 15.6. The van der Waals surface area contributed by atoms with Gasteiger partial charge in [-0.3, -0.25) is 9.36 Å². The molecular weight excluding hydrogens is 442 g/mol. The molecule has 1 N–H and O–H groups in total. The van der Waals surface area contributed by atoms with Crippen LogP contribution in [0.2, 0.25) is 5.02 Å². The van der Waals surface area contributed by atoms with Gasteiger partial charge in [0.15, 0.2) is 5.60 Å². The zero-order chi connectivity index (χ0) is 23.4. The molecule has 0 radical (unpaired) electrons. The van der Waals surface area contributed by atoms with Crippen LogP contribution < -0.4 is 14.8 Å². The second kappa shape index (κ2) is 9.30. The highest BCUT2D eigenvalue weighted by Gasteiger charge is 2.30. The van der Waals surface area contributed by atoms with Crippen LogP contribution in [0.4, 0.5) is 5.69 Å². The van der Waals surface area contributed by atoms with Crippen LogP contribution in [0.25, 0.3) is 5.82 Å². The number of carbonyl (C=O) groups excluding carboxylic acids is 1. The van der Waals surface area contributed by atoms with Crippen LogP contribution in [0, 0.1) is 6.92 Å². The van der Waals surface area contributed by atoms with E-state index in [9.17, 15) is 4.79 Å². The predicted octanol–water partition coefficient (Wildman–Crippen LogP) is 5.21. The molecule has 1 amide bonds. The fourth-order valence-corrected chi connectivity index (χ4v) is 3.08. The molecule has 4 rings (SSSR count). The molecule has 0 spiro atoms. The first-order valence-corrected chi connectivity index (χ1v) is 10.5. The maximum absolute atomic E-state index is 12.8. The van der Waals surface area contributed by atoms with Crippen LogP contribution in [0.5, 0.6) is 17.4 Å². The highest BCUT2D eigenvalue weighted by molar-refractivity contribution is 6.30. The van der Waals surface area contributed by atoms with Gasteiger partial charge in [-0.1, -0.05) is 11.6 Å². The van der Waals surface area contributed by atoms with E-state index in [4.69, 9.17) is 21.1 Å². The van der Waals surface area contributed by atoms with E-state index < -0.39 is 5.60 Å². The summed E-state index contributed by atoms with van der Waals surface area (Å²) in [5.74, 6) is 2.46. The Morgan fingerprint density at radius 1 is 1.03 bits per heavy atom. The third-order valence-corrected chi connectivity index (χ3v) is 4.89. The van der Waals surface area contributed by atoms with E-state index in [-0.39, 0.29) is 5.91 Å². The molecule has 0 saturated carbocycles. The van der Waals surface area contributed by atoms with Gasteiger partial charge in [0.05, 0.1) is 0 Å². The van der Waals surface area contributed by atoms with Crippen molar-refractivity contribution in [2.75, 3.05) is 5.32 Å². The molecule has 0 fully saturated rings. The number of ether oxygens (including phenoxy) is 2. The summed E-state index contributed by atoms with van der Waals surface area (Å²) in [7, 11) is 0. The molecule has 4 aromatic rings. The molecule has 0 bridgehead atoms. The number of benzene rings is 2. The van der Waals surface area contributed by atoms with E-state index >= 15 is 0 Å². The zero-order valence-electron chi connectivity index (χ0n) is 18.3. The normalized spacial score (nSPS) is 11.2. The van der Waals surface area contributed by atoms with Crippen molar-refractivity contribution < 1.29 is 14.3 Å². The quantitative estimate of drug-likeness (QED) is 0.404. The van der Waals surface area contributed by atoms with Gasteiger partial charge in [-0.25, -0.2) is 9.97 Å². The Morgan fingerprint density at radius 3 is 2.39 bits per heavy atom. The first kappa shape index (κ1) is 22.3. The van der Waals surface area contributed by atoms with Crippen LogP contribution in [0.1, 0.15) is 19.7 Å². The number of aryl methyl sites for hydroxylation is 1. The van der Waals surface area contributed by atoms with E-state index in [0.717, 1.165) is 0 Å². The van der Waals surface area contributed by atoms with Crippen molar-refractivity contribution in [3.05, 3.63) is 84.2 Å². The lowest BCUT2D eigenvalue weighted by atomic mass is 10.1. The van der Waals surface area contributed by atoms with Crippen LogP contribution in [-0.4, -0.2) is 31.0 Å². The Balaban J connectivity index is 1.41. The van der Waals surface area contributed by atoms with Crippen molar-refractivity contribution in [1.82, 2.24) is 19.5 Å². The molecule has 2 aromatic carbocycles. The summed E-state index contributed by atoms with van der Waals surface area (Å²) < 4.78 is 13.5. The topological polar surface area (TPSA) is 91.2 Å². The Labute approximate surface area is 196 Å². The van der Waals surface area contributed by atoms with Gasteiger partial charge in [0.1, 0.15) is 29.5 Å². The van der Waals surface area contributed by atoms with Gasteiger partial charge in [-0.05, 0) is 69.3 Å². The van der Waals surface area contributed by atoms with Gasteiger partial charge in [0.25, 0.3) is 5.91 Å². The van der Waals surface area contributed by atoms with Crippen molar-refractivity contribution in [3.8, 4) is 23.2 Å². The molecule has 0 unspecified atom stereocenters. The zero-order valence-corrected chi connectivity index (χ0v) is 19.1. The third kappa shape index (κ3) is 5.67. The first-order chi connectivity index (χ1) is 15.8. The molecule has 9 heteroatoms. The number of anilines is 1. The minimum atomic E-state index is -1.09. The lowest BCUT2D eigenvalue weighted by Crippen LogP contribution is -2.42. The van der Waals surface area contributed by atoms with Crippen LogP contribution in [0.3, 0.4) is 0 Å². The first-order valence-electron chi connectivity index (χ1n) is 10.2. The fourth-order valence-electron chi connectivity index (χ4n) is 2.96. The third-order valence-electron chi connectivity index (χ3n) is 4.64. The maximum Gasteiger partial charge on any atom is 0.267 e. The number of aromatic nitrogens is 4. The molecule has 0 saturated heterocycles. The van der Waals surface area contributed by atoms with E-state index in [2.05, 4.69) is 20.3 Å². The summed E-state index contributed by atoms with van der Waals surface area (Å²) in [5.41, 5.74) is -0.483. The largest absolute Gasteiger partial charge is 0.478 e. The molecule has 0 aliphatic carbocycles. The van der Waals surface area contributed by atoms with Crippen LogP contribution in [0.15, 0.2) is 73.3 Å². The highest BCUT2D eigenvalue weighted by Crippen LogP contribution is 2.25. The molecule has 33 heavy (non-hydrogen) atoms. The molecule has 0 aliphatic rings. The van der Waals surface area contributed by atoms with Crippen molar-refractivity contribution in [3.63, 3.8) is 0 Å². The Bertz CT molecular complexity index is 1240. The lowest BCUT2D eigenvalue weighted by Gasteiger charge is -2.25. The smallest absolute Gasteiger partial charge is 0.267 e. The van der Waals surface area contributed by atoms with E-state index in [0.29, 0.717) is 39.7 Å². The fraction of sp³-hybridized carbons (Fsp3) is 0.167. The molecule has 2 heterocycles. The van der Waals surface area contributed by atoms with Gasteiger partial charge in [0.2, 0.25) is 5.88 Å². The van der Waals surface area contributed by atoms with E-state index in [1.54, 1.807) is 98.7 Å². The second-order valence-electron chi connectivity index (χ2n) is 7.73. The SMILES string of the molecule is Cc1nc(Oc2ccc(NC(=O)C(C)(C)Oc3ccc(Cl)cc3)cc2)cc(-n2ccnc2)n1. The van der Waals surface area contributed by atoms with Gasteiger partial charge in [0, 0.05) is 29.2 Å². The number of halogens is 1. The number of amides is 1. The molecular formula is C24H22ClN5O3. The summed E-state index contributed by atoms with van der Waals surface area (Å²) in [4.78, 5) is 25.5. The summed E-state index contributed by atoms with van der Waals surface area (Å²) >= 11 is 5.90. The summed E-state index contributed by atoms with van der Waals surface area (Å²) in [6.45, 7) is 5.19. The maximum atomic E-state index is 12.8. The number of hydrogen-bond donors (Lipinski definition) is 1. The lowest BCUT2D eigenvalue weighted by molar-refractivity contribution is -0.128. The molecule has 0 atom stereocenters. The van der Waals surface area contributed by atoms with Crippen LogP contribution in [-0.2, 0) is 4.79 Å². The standard InChI is InChI=1S/C24H22ClN5O3/c1-16-27-21(30-13-12-26-15-30)14-22(28-16)32-19-10-6-18(7-11-19)29-23(31)24(2,3)33-20-8-4-17(25)5-9-20/h4-15H,1-3H3,(H,29,31). The number of nitrogens with zero attached hydrogens (tertiary/aromatic N) is 4. The van der Waals surface area contributed by atoms with Crippen LogP contribution >= 0.6 is 11.6 Å². The van der Waals surface area contributed by atoms with Crippen molar-refractivity contribution in [2.45, 2.75) is 26.4 Å².